The molecule has 0 amide bonds. The van der Waals surface area contributed by atoms with Crippen molar-refractivity contribution in [1.82, 2.24) is 9.55 Å². The van der Waals surface area contributed by atoms with Gasteiger partial charge < -0.3 is 4.57 Å². The molecule has 0 aliphatic heterocycles. The molecule has 1 aliphatic rings. The van der Waals surface area contributed by atoms with Crippen LogP contribution in [0.25, 0.3) is 11.0 Å². The molecule has 0 spiro atoms. The van der Waals surface area contributed by atoms with Crippen molar-refractivity contribution in [3.63, 3.8) is 0 Å². The molecule has 0 radical (unpaired) electrons. The van der Waals surface area contributed by atoms with Gasteiger partial charge in [-0.1, -0.05) is 13.3 Å². The third-order valence-electron chi connectivity index (χ3n) is 4.57. The van der Waals surface area contributed by atoms with Crippen LogP contribution in [0.2, 0.25) is 0 Å². The summed E-state index contributed by atoms with van der Waals surface area (Å²) in [5.74, 6) is 0.977. The molecule has 102 valence electrons. The largest absolute Gasteiger partial charge is 0.326 e. The Morgan fingerprint density at radius 2 is 2.21 bits per heavy atom. The zero-order valence-electron chi connectivity index (χ0n) is 11.1. The number of rotatable bonds is 4. The molecule has 1 heterocycles. The van der Waals surface area contributed by atoms with Crippen molar-refractivity contribution in [2.24, 2.45) is 5.41 Å². The highest BCUT2D eigenvalue weighted by Crippen LogP contribution is 2.45. The smallest absolute Gasteiger partial charge is 0.125 e. The summed E-state index contributed by atoms with van der Waals surface area (Å²) in [7, 11) is 0. The molecule has 1 aliphatic carbocycles. The number of hydrogen-bond acceptors (Lipinski definition) is 1. The first kappa shape index (κ1) is 12.9. The predicted octanol–water partition coefficient (Wildman–Crippen LogP) is 4.49. The van der Waals surface area contributed by atoms with Gasteiger partial charge in [0.2, 0.25) is 0 Å². The average Bonchev–Trinajstić information content (AvgIpc) is 2.70. The molecule has 2 nitrogen and oxygen atoms in total. The predicted molar refractivity (Wildman–Crippen MR) is 75.8 cm³/mol. The molecular formula is C15H18ClFN2. The Labute approximate surface area is 117 Å². The minimum Gasteiger partial charge on any atom is -0.326 e. The standard InChI is InChI=1S/C15H18ClFN2/c1-2-15(6-3-7-15)10-19-13-5-4-11(17)8-12(13)18-14(19)9-16/h4-5,8H,2-3,6-7,9-10H2,1H3. The summed E-state index contributed by atoms with van der Waals surface area (Å²) in [5, 5.41) is 0. The minimum absolute atomic E-state index is 0.243. The lowest BCUT2D eigenvalue weighted by molar-refractivity contribution is 0.101. The zero-order chi connectivity index (χ0) is 13.5. The lowest BCUT2D eigenvalue weighted by Crippen LogP contribution is -2.33. The highest BCUT2D eigenvalue weighted by molar-refractivity contribution is 6.16. The van der Waals surface area contributed by atoms with Crippen LogP contribution in [0, 0.1) is 11.2 Å². The maximum absolute atomic E-state index is 13.3. The number of alkyl halides is 1. The molecule has 4 heteroatoms. The van der Waals surface area contributed by atoms with Crippen LogP contribution in [0.15, 0.2) is 18.2 Å². The van der Waals surface area contributed by atoms with E-state index in [4.69, 9.17) is 11.6 Å². The first-order chi connectivity index (χ1) is 9.17. The summed E-state index contributed by atoms with van der Waals surface area (Å²) in [5.41, 5.74) is 2.10. The first-order valence-corrected chi connectivity index (χ1v) is 7.41. The lowest BCUT2D eigenvalue weighted by atomic mass is 9.67. The second-order valence-electron chi connectivity index (χ2n) is 5.59. The molecule has 0 N–H and O–H groups in total. The Balaban J connectivity index is 2.05. The van der Waals surface area contributed by atoms with E-state index >= 15 is 0 Å². The van der Waals surface area contributed by atoms with Crippen LogP contribution in [0.1, 0.15) is 38.4 Å². The van der Waals surface area contributed by atoms with E-state index in [-0.39, 0.29) is 5.82 Å². The van der Waals surface area contributed by atoms with Crippen LogP contribution < -0.4 is 0 Å². The fourth-order valence-electron chi connectivity index (χ4n) is 3.07. The van der Waals surface area contributed by atoms with Gasteiger partial charge in [-0.25, -0.2) is 9.37 Å². The molecule has 0 bridgehead atoms. The number of hydrogen-bond donors (Lipinski definition) is 0. The van der Waals surface area contributed by atoms with E-state index in [1.165, 1.54) is 37.8 Å². The molecule has 2 aromatic rings. The number of halogens is 2. The highest BCUT2D eigenvalue weighted by atomic mass is 35.5. The molecule has 1 fully saturated rings. The number of fused-ring (bicyclic) bond motifs is 1. The van der Waals surface area contributed by atoms with E-state index in [1.54, 1.807) is 0 Å². The van der Waals surface area contributed by atoms with E-state index in [1.807, 2.05) is 6.07 Å². The van der Waals surface area contributed by atoms with Gasteiger partial charge >= 0.3 is 0 Å². The summed E-state index contributed by atoms with van der Waals surface area (Å²) < 4.78 is 15.5. The maximum Gasteiger partial charge on any atom is 0.125 e. The Kier molecular flexibility index (Phi) is 3.25. The van der Waals surface area contributed by atoms with Crippen molar-refractivity contribution in [3.05, 3.63) is 29.8 Å². The second kappa shape index (κ2) is 4.78. The van der Waals surface area contributed by atoms with Gasteiger partial charge in [-0.3, -0.25) is 0 Å². The topological polar surface area (TPSA) is 17.8 Å². The van der Waals surface area contributed by atoms with Gasteiger partial charge in [-0.05, 0) is 36.8 Å². The highest BCUT2D eigenvalue weighted by Gasteiger charge is 2.36. The fourth-order valence-corrected chi connectivity index (χ4v) is 3.27. The SMILES string of the molecule is CCC1(Cn2c(CCl)nc3cc(F)ccc32)CCC1. The zero-order valence-corrected chi connectivity index (χ0v) is 11.9. The van der Waals surface area contributed by atoms with Gasteiger partial charge in [0.1, 0.15) is 11.6 Å². The van der Waals surface area contributed by atoms with Gasteiger partial charge in [0.15, 0.2) is 0 Å². The molecule has 1 aromatic carbocycles. The normalized spacial score (nSPS) is 17.6. The maximum atomic E-state index is 13.3. The molecular weight excluding hydrogens is 263 g/mol. The van der Waals surface area contributed by atoms with Gasteiger partial charge in [0.05, 0.1) is 16.9 Å². The monoisotopic (exact) mass is 280 g/mol. The number of benzene rings is 1. The van der Waals surface area contributed by atoms with Gasteiger partial charge in [-0.2, -0.15) is 0 Å². The number of imidazole rings is 1. The van der Waals surface area contributed by atoms with E-state index in [0.717, 1.165) is 17.9 Å². The van der Waals surface area contributed by atoms with E-state index in [0.29, 0.717) is 16.8 Å². The van der Waals surface area contributed by atoms with Crippen molar-refractivity contribution in [2.75, 3.05) is 0 Å². The van der Waals surface area contributed by atoms with Crippen molar-refractivity contribution in [3.8, 4) is 0 Å². The van der Waals surface area contributed by atoms with Crippen LogP contribution in [0.3, 0.4) is 0 Å². The number of nitrogens with zero attached hydrogens (tertiary/aromatic N) is 2. The molecule has 0 unspecified atom stereocenters. The Hall–Kier alpha value is -1.09. The van der Waals surface area contributed by atoms with Crippen LogP contribution in [0.5, 0.6) is 0 Å². The summed E-state index contributed by atoms with van der Waals surface area (Å²) in [6, 6.07) is 4.80. The lowest BCUT2D eigenvalue weighted by Gasteiger charge is -2.42. The molecule has 1 saturated carbocycles. The summed E-state index contributed by atoms with van der Waals surface area (Å²) >= 11 is 6.00. The Morgan fingerprint density at radius 3 is 2.79 bits per heavy atom. The van der Waals surface area contributed by atoms with Gasteiger partial charge in [-0.15, -0.1) is 11.6 Å². The van der Waals surface area contributed by atoms with Gasteiger partial charge in [0.25, 0.3) is 0 Å². The Bertz CT molecular complexity index is 596. The molecule has 0 atom stereocenters. The minimum atomic E-state index is -0.243. The van der Waals surface area contributed by atoms with Crippen molar-refractivity contribution >= 4 is 22.6 Å². The molecule has 1 aromatic heterocycles. The third-order valence-corrected chi connectivity index (χ3v) is 4.81. The quantitative estimate of drug-likeness (QED) is 0.754. The van der Waals surface area contributed by atoms with E-state index in [9.17, 15) is 4.39 Å². The average molecular weight is 281 g/mol. The Morgan fingerprint density at radius 1 is 1.42 bits per heavy atom. The van der Waals surface area contributed by atoms with Crippen molar-refractivity contribution in [1.29, 1.82) is 0 Å². The molecule has 19 heavy (non-hydrogen) atoms. The summed E-state index contributed by atoms with van der Waals surface area (Å²) in [6.07, 6.45) is 5.03. The first-order valence-electron chi connectivity index (χ1n) is 6.88. The van der Waals surface area contributed by atoms with E-state index in [2.05, 4.69) is 16.5 Å². The molecule has 3 rings (SSSR count). The second-order valence-corrected chi connectivity index (χ2v) is 5.86. The van der Waals surface area contributed by atoms with Crippen LogP contribution in [-0.2, 0) is 12.4 Å². The molecule has 0 saturated heterocycles. The van der Waals surface area contributed by atoms with Crippen molar-refractivity contribution in [2.45, 2.75) is 45.0 Å². The third kappa shape index (κ3) is 2.14. The fraction of sp³-hybridized carbons (Fsp3) is 0.533. The van der Waals surface area contributed by atoms with Crippen LogP contribution >= 0.6 is 11.6 Å². The summed E-state index contributed by atoms with van der Waals surface area (Å²) in [4.78, 5) is 4.46. The summed E-state index contributed by atoms with van der Waals surface area (Å²) in [6.45, 7) is 3.20. The van der Waals surface area contributed by atoms with E-state index < -0.39 is 0 Å². The van der Waals surface area contributed by atoms with Crippen LogP contribution in [0.4, 0.5) is 4.39 Å². The van der Waals surface area contributed by atoms with Gasteiger partial charge in [0, 0.05) is 12.6 Å². The van der Waals surface area contributed by atoms with Crippen molar-refractivity contribution < 1.29 is 4.39 Å². The van der Waals surface area contributed by atoms with Crippen LogP contribution in [-0.4, -0.2) is 9.55 Å². The number of aromatic nitrogens is 2.